The van der Waals surface area contributed by atoms with E-state index in [4.69, 9.17) is 5.11 Å². The van der Waals surface area contributed by atoms with E-state index in [0.29, 0.717) is 12.5 Å². The third-order valence-corrected chi connectivity index (χ3v) is 3.28. The molecule has 2 unspecified atom stereocenters. The van der Waals surface area contributed by atoms with Gasteiger partial charge in [0.05, 0.1) is 0 Å². The topological polar surface area (TPSA) is 52.6 Å². The Morgan fingerprint density at radius 3 is 2.78 bits per heavy atom. The van der Waals surface area contributed by atoms with Gasteiger partial charge in [-0.2, -0.15) is 0 Å². The molecule has 1 heterocycles. The highest BCUT2D eigenvalue weighted by Crippen LogP contribution is 2.18. The Morgan fingerprint density at radius 1 is 1.39 bits per heavy atom. The van der Waals surface area contributed by atoms with Crippen molar-refractivity contribution < 1.29 is 9.90 Å². The zero-order chi connectivity index (χ0) is 13.0. The number of carbonyl (C=O) groups is 1. The molecule has 0 saturated carbocycles. The molecule has 1 aromatic rings. The predicted molar refractivity (Wildman–Crippen MR) is 71.9 cm³/mol. The van der Waals surface area contributed by atoms with E-state index in [1.165, 1.54) is 5.69 Å². The lowest BCUT2D eigenvalue weighted by molar-refractivity contribution is -0.137. The van der Waals surface area contributed by atoms with Crippen LogP contribution in [0.3, 0.4) is 0 Å². The quantitative estimate of drug-likeness (QED) is 0.852. The first-order valence-corrected chi connectivity index (χ1v) is 6.43. The molecule has 2 rings (SSSR count). The molecule has 1 fully saturated rings. The predicted octanol–water partition coefficient (Wildman–Crippen LogP) is 1.72. The Morgan fingerprint density at radius 2 is 2.11 bits per heavy atom. The maximum absolute atomic E-state index is 10.6. The summed E-state index contributed by atoms with van der Waals surface area (Å²) in [6.07, 6.45) is 0.913. The highest BCUT2D eigenvalue weighted by Gasteiger charge is 2.24. The molecular weight excluding hydrogens is 228 g/mol. The molecule has 1 aliphatic rings. The maximum Gasteiger partial charge on any atom is 0.303 e. The summed E-state index contributed by atoms with van der Waals surface area (Å²) in [5.74, 6) is -0.721. The van der Waals surface area contributed by atoms with Crippen LogP contribution in [0.4, 0.5) is 5.69 Å². The number of nitrogens with one attached hydrogen (secondary N) is 1. The van der Waals surface area contributed by atoms with Crippen LogP contribution in [0, 0.1) is 0 Å². The highest BCUT2D eigenvalue weighted by molar-refractivity contribution is 5.66. The van der Waals surface area contributed by atoms with E-state index in [1.54, 1.807) is 0 Å². The summed E-state index contributed by atoms with van der Waals surface area (Å²) in [5, 5.41) is 12.2. The number of piperazine rings is 1. The third kappa shape index (κ3) is 3.47. The Balaban J connectivity index is 1.98. The van der Waals surface area contributed by atoms with E-state index in [9.17, 15) is 4.79 Å². The monoisotopic (exact) mass is 248 g/mol. The largest absolute Gasteiger partial charge is 0.481 e. The SMILES string of the molecule is CC1CN(c2ccccc2)CC(CCC(=O)O)N1. The van der Waals surface area contributed by atoms with Crippen LogP contribution in [0.2, 0.25) is 0 Å². The van der Waals surface area contributed by atoms with E-state index in [1.807, 2.05) is 18.2 Å². The number of rotatable bonds is 4. The Hall–Kier alpha value is -1.55. The van der Waals surface area contributed by atoms with Crippen LogP contribution in [0.5, 0.6) is 0 Å². The number of anilines is 1. The number of carboxylic acids is 1. The third-order valence-electron chi connectivity index (χ3n) is 3.28. The minimum Gasteiger partial charge on any atom is -0.481 e. The normalized spacial score (nSPS) is 23.9. The highest BCUT2D eigenvalue weighted by atomic mass is 16.4. The van der Waals surface area contributed by atoms with E-state index in [0.717, 1.165) is 13.1 Å². The summed E-state index contributed by atoms with van der Waals surface area (Å²) < 4.78 is 0. The molecule has 0 aromatic heterocycles. The molecule has 0 bridgehead atoms. The van der Waals surface area contributed by atoms with E-state index >= 15 is 0 Å². The maximum atomic E-state index is 10.6. The lowest BCUT2D eigenvalue weighted by atomic mass is 10.0. The van der Waals surface area contributed by atoms with Crippen molar-refractivity contribution in [2.45, 2.75) is 31.8 Å². The van der Waals surface area contributed by atoms with Crippen LogP contribution >= 0.6 is 0 Å². The van der Waals surface area contributed by atoms with Crippen molar-refractivity contribution in [1.82, 2.24) is 5.32 Å². The molecule has 2 atom stereocenters. The molecule has 0 spiro atoms. The van der Waals surface area contributed by atoms with Crippen molar-refractivity contribution in [2.24, 2.45) is 0 Å². The van der Waals surface area contributed by atoms with Gasteiger partial charge in [-0.05, 0) is 25.5 Å². The van der Waals surface area contributed by atoms with Gasteiger partial charge >= 0.3 is 5.97 Å². The first-order chi connectivity index (χ1) is 8.65. The van der Waals surface area contributed by atoms with Crippen LogP contribution in [0.15, 0.2) is 30.3 Å². The van der Waals surface area contributed by atoms with Crippen molar-refractivity contribution in [3.05, 3.63) is 30.3 Å². The Kier molecular flexibility index (Phi) is 4.20. The van der Waals surface area contributed by atoms with E-state index < -0.39 is 5.97 Å². The summed E-state index contributed by atoms with van der Waals surface area (Å²) in [4.78, 5) is 13.0. The molecule has 0 radical (unpaired) electrons. The lowest BCUT2D eigenvalue weighted by Gasteiger charge is -2.39. The van der Waals surface area contributed by atoms with Crippen LogP contribution in [0.1, 0.15) is 19.8 Å². The summed E-state index contributed by atoms with van der Waals surface area (Å²) in [5.41, 5.74) is 1.21. The second-order valence-corrected chi connectivity index (χ2v) is 4.94. The molecule has 0 amide bonds. The fourth-order valence-electron chi connectivity index (χ4n) is 2.50. The fraction of sp³-hybridized carbons (Fsp3) is 0.500. The van der Waals surface area contributed by atoms with Crippen molar-refractivity contribution in [2.75, 3.05) is 18.0 Å². The number of benzene rings is 1. The van der Waals surface area contributed by atoms with Gasteiger partial charge in [-0.15, -0.1) is 0 Å². The molecule has 1 saturated heterocycles. The van der Waals surface area contributed by atoms with Crippen molar-refractivity contribution in [3.63, 3.8) is 0 Å². The van der Waals surface area contributed by atoms with Gasteiger partial charge in [0, 0.05) is 37.3 Å². The molecule has 98 valence electrons. The van der Waals surface area contributed by atoms with Crippen molar-refractivity contribution in [1.29, 1.82) is 0 Å². The summed E-state index contributed by atoms with van der Waals surface area (Å²) >= 11 is 0. The van der Waals surface area contributed by atoms with Crippen molar-refractivity contribution in [3.8, 4) is 0 Å². The van der Waals surface area contributed by atoms with Gasteiger partial charge in [0.2, 0.25) is 0 Å². The second kappa shape index (κ2) is 5.87. The number of hydrogen-bond acceptors (Lipinski definition) is 3. The van der Waals surface area contributed by atoms with Gasteiger partial charge < -0.3 is 15.3 Å². The second-order valence-electron chi connectivity index (χ2n) is 4.94. The van der Waals surface area contributed by atoms with E-state index in [2.05, 4.69) is 29.3 Å². The molecule has 1 aromatic carbocycles. The standard InChI is InChI=1S/C14H20N2O2/c1-11-9-16(13-5-3-2-4-6-13)10-12(15-11)7-8-14(17)18/h2-6,11-12,15H,7-10H2,1H3,(H,17,18). The van der Waals surface area contributed by atoms with Crippen LogP contribution < -0.4 is 10.2 Å². The number of aliphatic carboxylic acids is 1. The number of carboxylic acid groups (broad SMARTS) is 1. The fourth-order valence-corrected chi connectivity index (χ4v) is 2.50. The molecule has 4 heteroatoms. The minimum absolute atomic E-state index is 0.229. The van der Waals surface area contributed by atoms with Crippen molar-refractivity contribution >= 4 is 11.7 Å². The van der Waals surface area contributed by atoms with Crippen LogP contribution in [-0.2, 0) is 4.79 Å². The molecule has 2 N–H and O–H groups in total. The van der Waals surface area contributed by atoms with Gasteiger partial charge in [0.1, 0.15) is 0 Å². The molecular formula is C14H20N2O2. The summed E-state index contributed by atoms with van der Waals surface area (Å²) in [6, 6.07) is 10.9. The number of para-hydroxylation sites is 1. The van der Waals surface area contributed by atoms with Crippen LogP contribution in [0.25, 0.3) is 0 Å². The zero-order valence-electron chi connectivity index (χ0n) is 10.7. The lowest BCUT2D eigenvalue weighted by Crippen LogP contribution is -2.55. The molecule has 1 aliphatic heterocycles. The first-order valence-electron chi connectivity index (χ1n) is 6.43. The molecule has 18 heavy (non-hydrogen) atoms. The first kappa shape index (κ1) is 12.9. The van der Waals surface area contributed by atoms with Gasteiger partial charge in [-0.3, -0.25) is 4.79 Å². The smallest absolute Gasteiger partial charge is 0.303 e. The molecule has 0 aliphatic carbocycles. The van der Waals surface area contributed by atoms with Crippen LogP contribution in [-0.4, -0.2) is 36.2 Å². The van der Waals surface area contributed by atoms with Gasteiger partial charge in [0.15, 0.2) is 0 Å². The van der Waals surface area contributed by atoms with Gasteiger partial charge in [-0.1, -0.05) is 18.2 Å². The summed E-state index contributed by atoms with van der Waals surface area (Å²) in [7, 11) is 0. The Labute approximate surface area is 108 Å². The van der Waals surface area contributed by atoms with Gasteiger partial charge in [-0.25, -0.2) is 0 Å². The Bertz CT molecular complexity index is 394. The summed E-state index contributed by atoms with van der Waals surface area (Å²) in [6.45, 7) is 3.98. The number of nitrogens with zero attached hydrogens (tertiary/aromatic N) is 1. The number of hydrogen-bond donors (Lipinski definition) is 2. The zero-order valence-corrected chi connectivity index (χ0v) is 10.7. The van der Waals surface area contributed by atoms with E-state index in [-0.39, 0.29) is 12.5 Å². The van der Waals surface area contributed by atoms with Gasteiger partial charge in [0.25, 0.3) is 0 Å². The average molecular weight is 248 g/mol. The average Bonchev–Trinajstić information content (AvgIpc) is 2.37. The minimum atomic E-state index is -0.721. The molecule has 4 nitrogen and oxygen atoms in total.